The summed E-state index contributed by atoms with van der Waals surface area (Å²) in [5.41, 5.74) is 0.882. The third-order valence-electron chi connectivity index (χ3n) is 5.54. The molecule has 0 bridgehead atoms. The van der Waals surface area contributed by atoms with Gasteiger partial charge < -0.3 is 10.2 Å². The number of hydrogen-bond donors (Lipinski definition) is 2. The van der Waals surface area contributed by atoms with Gasteiger partial charge in [-0.1, -0.05) is 30.3 Å². The summed E-state index contributed by atoms with van der Waals surface area (Å²) in [5, 5.41) is 20.6. The van der Waals surface area contributed by atoms with E-state index in [0.717, 1.165) is 35.7 Å². The summed E-state index contributed by atoms with van der Waals surface area (Å²) in [6.07, 6.45) is 2.10. The van der Waals surface area contributed by atoms with E-state index in [1.165, 1.54) is 17.7 Å². The second-order valence-electron chi connectivity index (χ2n) is 7.37. The Bertz CT molecular complexity index is 677. The molecule has 1 saturated carbocycles. The molecule has 0 spiro atoms. The zero-order valence-electron chi connectivity index (χ0n) is 14.3. The van der Waals surface area contributed by atoms with Crippen LogP contribution in [0.4, 0.5) is 0 Å². The normalized spacial score (nSPS) is 27.3. The van der Waals surface area contributed by atoms with Gasteiger partial charge in [-0.05, 0) is 54.5 Å². The number of phenolic OH excluding ortho intramolecular Hbond substituents is 1. The summed E-state index contributed by atoms with van der Waals surface area (Å²) in [6.45, 7) is 2.89. The first-order valence-corrected chi connectivity index (χ1v) is 9.96. The van der Waals surface area contributed by atoms with Gasteiger partial charge in [-0.25, -0.2) is 0 Å². The summed E-state index contributed by atoms with van der Waals surface area (Å²) in [7, 11) is 0. The number of likely N-dealkylation sites (tertiary alicyclic amines) is 1. The summed E-state index contributed by atoms with van der Waals surface area (Å²) in [4.78, 5) is 3.79. The van der Waals surface area contributed by atoms with Crippen LogP contribution in [-0.2, 0) is 0 Å². The molecule has 2 aromatic rings. The fraction of sp³-hybridized carbons (Fsp3) is 0.429. The van der Waals surface area contributed by atoms with Crippen LogP contribution in [-0.4, -0.2) is 40.0 Å². The molecule has 1 unspecified atom stereocenters. The largest absolute Gasteiger partial charge is 0.508 e. The van der Waals surface area contributed by atoms with E-state index < -0.39 is 6.10 Å². The van der Waals surface area contributed by atoms with Crippen molar-refractivity contribution in [2.75, 3.05) is 19.6 Å². The number of rotatable bonds is 5. The minimum Gasteiger partial charge on any atom is -0.508 e. The number of aliphatic hydroxyl groups is 1. The average molecular weight is 356 g/mol. The Morgan fingerprint density at radius 2 is 1.60 bits per heavy atom. The molecule has 2 aliphatic rings. The molecule has 0 aromatic heterocycles. The Morgan fingerprint density at radius 1 is 0.960 bits per heavy atom. The third-order valence-corrected chi connectivity index (χ3v) is 6.80. The predicted molar refractivity (Wildman–Crippen MR) is 102 cm³/mol. The first-order chi connectivity index (χ1) is 12.2. The van der Waals surface area contributed by atoms with Crippen molar-refractivity contribution in [2.24, 2.45) is 11.8 Å². The van der Waals surface area contributed by atoms with Crippen molar-refractivity contribution < 1.29 is 10.2 Å². The lowest BCUT2D eigenvalue weighted by molar-refractivity contribution is 0.122. The standard InChI is InChI=1S/C21H25NO2S/c23-18-8-6-15(7-9-18)21(24)14-22-12-16-10-20(11-17(16)13-22)25-19-4-2-1-3-5-19/h1-9,16-17,20-21,23-24H,10-14H2/t16-,17+,20-,21?. The van der Waals surface area contributed by atoms with Gasteiger partial charge in [0.1, 0.15) is 5.75 Å². The highest BCUT2D eigenvalue weighted by Crippen LogP contribution is 2.45. The molecule has 4 atom stereocenters. The first kappa shape index (κ1) is 17.0. The van der Waals surface area contributed by atoms with E-state index in [4.69, 9.17) is 0 Å². The number of phenols is 1. The van der Waals surface area contributed by atoms with E-state index in [1.807, 2.05) is 23.9 Å². The van der Waals surface area contributed by atoms with E-state index in [2.05, 4.69) is 35.2 Å². The second kappa shape index (κ2) is 7.40. The number of aliphatic hydroxyl groups excluding tert-OH is 1. The van der Waals surface area contributed by atoms with E-state index in [0.29, 0.717) is 6.54 Å². The molecule has 4 heteroatoms. The zero-order chi connectivity index (χ0) is 17.2. The topological polar surface area (TPSA) is 43.7 Å². The second-order valence-corrected chi connectivity index (χ2v) is 8.74. The molecule has 2 N–H and O–H groups in total. The van der Waals surface area contributed by atoms with Crippen LogP contribution in [0, 0.1) is 11.8 Å². The van der Waals surface area contributed by atoms with Gasteiger partial charge in [0.25, 0.3) is 0 Å². The lowest BCUT2D eigenvalue weighted by Gasteiger charge is -2.22. The van der Waals surface area contributed by atoms with Crippen molar-refractivity contribution in [3.05, 3.63) is 60.2 Å². The van der Waals surface area contributed by atoms with Crippen molar-refractivity contribution in [2.45, 2.75) is 29.1 Å². The molecule has 132 valence electrons. The van der Waals surface area contributed by atoms with Crippen LogP contribution >= 0.6 is 11.8 Å². The highest BCUT2D eigenvalue weighted by Gasteiger charge is 2.41. The van der Waals surface area contributed by atoms with Crippen molar-refractivity contribution in [1.82, 2.24) is 4.90 Å². The summed E-state index contributed by atoms with van der Waals surface area (Å²) in [5.74, 6) is 1.79. The Kier molecular flexibility index (Phi) is 5.02. The number of β-amino-alcohol motifs (C(OH)–C–C–N with tert-alkyl or cyclic N) is 1. The molecule has 2 fully saturated rings. The van der Waals surface area contributed by atoms with Gasteiger partial charge in [0.15, 0.2) is 0 Å². The monoisotopic (exact) mass is 355 g/mol. The average Bonchev–Trinajstić information content (AvgIpc) is 3.14. The van der Waals surface area contributed by atoms with Crippen LogP contribution in [0.3, 0.4) is 0 Å². The Morgan fingerprint density at radius 3 is 2.24 bits per heavy atom. The molecule has 1 aliphatic heterocycles. The lowest BCUT2D eigenvalue weighted by atomic mass is 10.0. The van der Waals surface area contributed by atoms with E-state index in [9.17, 15) is 10.2 Å². The fourth-order valence-electron chi connectivity index (χ4n) is 4.32. The molecule has 25 heavy (non-hydrogen) atoms. The number of fused-ring (bicyclic) bond motifs is 1. The van der Waals surface area contributed by atoms with Crippen LogP contribution in [0.1, 0.15) is 24.5 Å². The van der Waals surface area contributed by atoms with Crippen molar-refractivity contribution in [1.29, 1.82) is 0 Å². The molecule has 1 heterocycles. The molecule has 2 aromatic carbocycles. The maximum absolute atomic E-state index is 10.5. The fourth-order valence-corrected chi connectivity index (χ4v) is 5.71. The molecular weight excluding hydrogens is 330 g/mol. The van der Waals surface area contributed by atoms with Gasteiger partial charge in [0, 0.05) is 29.8 Å². The number of benzene rings is 2. The van der Waals surface area contributed by atoms with Gasteiger partial charge in [-0.2, -0.15) is 0 Å². The SMILES string of the molecule is Oc1ccc(C(O)CN2C[C@H]3C[C@@H](Sc4ccccc4)C[C@H]3C2)cc1. The minimum atomic E-state index is -0.478. The van der Waals surface area contributed by atoms with Crippen molar-refractivity contribution in [3.8, 4) is 5.75 Å². The maximum atomic E-state index is 10.5. The predicted octanol–water partition coefficient (Wildman–Crippen LogP) is 3.93. The quantitative estimate of drug-likeness (QED) is 0.853. The Hall–Kier alpha value is -1.49. The van der Waals surface area contributed by atoms with Gasteiger partial charge in [-0.15, -0.1) is 11.8 Å². The number of thioether (sulfide) groups is 1. The minimum absolute atomic E-state index is 0.244. The van der Waals surface area contributed by atoms with Crippen molar-refractivity contribution in [3.63, 3.8) is 0 Å². The van der Waals surface area contributed by atoms with Crippen LogP contribution in [0.5, 0.6) is 5.75 Å². The van der Waals surface area contributed by atoms with Gasteiger partial charge in [0.2, 0.25) is 0 Å². The van der Waals surface area contributed by atoms with Crippen LogP contribution < -0.4 is 0 Å². The molecule has 1 aliphatic carbocycles. The summed E-state index contributed by atoms with van der Waals surface area (Å²) in [6, 6.07) is 17.6. The number of hydrogen-bond acceptors (Lipinski definition) is 4. The number of nitrogens with zero attached hydrogens (tertiary/aromatic N) is 1. The van der Waals surface area contributed by atoms with Crippen LogP contribution in [0.15, 0.2) is 59.5 Å². The lowest BCUT2D eigenvalue weighted by Crippen LogP contribution is -2.28. The van der Waals surface area contributed by atoms with Gasteiger partial charge in [-0.3, -0.25) is 4.90 Å². The van der Waals surface area contributed by atoms with E-state index >= 15 is 0 Å². The summed E-state index contributed by atoms with van der Waals surface area (Å²) >= 11 is 2.03. The Labute approximate surface area is 153 Å². The van der Waals surface area contributed by atoms with E-state index in [1.54, 1.807) is 12.1 Å². The van der Waals surface area contributed by atoms with E-state index in [-0.39, 0.29) is 5.75 Å². The smallest absolute Gasteiger partial charge is 0.115 e. The highest BCUT2D eigenvalue weighted by atomic mass is 32.2. The van der Waals surface area contributed by atoms with Gasteiger partial charge >= 0.3 is 0 Å². The third kappa shape index (κ3) is 4.02. The van der Waals surface area contributed by atoms with Crippen molar-refractivity contribution >= 4 is 11.8 Å². The molecule has 4 rings (SSSR count). The molecule has 0 amide bonds. The Balaban J connectivity index is 1.28. The molecule has 0 radical (unpaired) electrons. The maximum Gasteiger partial charge on any atom is 0.115 e. The molecule has 3 nitrogen and oxygen atoms in total. The summed E-state index contributed by atoms with van der Waals surface area (Å²) < 4.78 is 0. The molecule has 1 saturated heterocycles. The highest BCUT2D eigenvalue weighted by molar-refractivity contribution is 8.00. The van der Waals surface area contributed by atoms with Gasteiger partial charge in [0.05, 0.1) is 6.10 Å². The van der Waals surface area contributed by atoms with Crippen LogP contribution in [0.25, 0.3) is 0 Å². The zero-order valence-corrected chi connectivity index (χ0v) is 15.1. The van der Waals surface area contributed by atoms with Crippen LogP contribution in [0.2, 0.25) is 0 Å². The first-order valence-electron chi connectivity index (χ1n) is 9.08. The molecular formula is C21H25NO2S. The number of aromatic hydroxyl groups is 1.